The van der Waals surface area contributed by atoms with E-state index in [1.54, 1.807) is 29.8 Å². The van der Waals surface area contributed by atoms with E-state index >= 15 is 0 Å². The molecule has 7 nitrogen and oxygen atoms in total. The van der Waals surface area contributed by atoms with Gasteiger partial charge in [0.05, 0.1) is 17.1 Å². The van der Waals surface area contributed by atoms with E-state index in [9.17, 15) is 8.42 Å². The largest absolute Gasteiger partial charge is 0.360 e. The Balaban J connectivity index is 2.08. The number of sulfonamides is 1. The quantitative estimate of drug-likeness (QED) is 0.793. The van der Waals surface area contributed by atoms with Crippen LogP contribution < -0.4 is 10.0 Å². The summed E-state index contributed by atoms with van der Waals surface area (Å²) < 4.78 is 33.8. The third-order valence-corrected chi connectivity index (χ3v) is 4.43. The zero-order chi connectivity index (χ0) is 15.5. The average Bonchev–Trinajstić information content (AvgIpc) is 3.01. The maximum Gasteiger partial charge on any atom is 0.242 e. The SMILES string of the molecule is CCNCc1cc(S(=O)(=O)NCc2cc(C)no2)cn1C. The Hall–Kier alpha value is -1.64. The molecule has 0 bridgehead atoms. The molecule has 2 heterocycles. The van der Waals surface area contributed by atoms with Crippen LogP contribution in [0.25, 0.3) is 0 Å². The van der Waals surface area contributed by atoms with Gasteiger partial charge in [-0.1, -0.05) is 12.1 Å². The van der Waals surface area contributed by atoms with E-state index in [0.29, 0.717) is 12.3 Å². The highest BCUT2D eigenvalue weighted by Crippen LogP contribution is 2.14. The first-order valence-electron chi connectivity index (χ1n) is 6.70. The molecule has 116 valence electrons. The van der Waals surface area contributed by atoms with Gasteiger partial charge in [0.25, 0.3) is 0 Å². The average molecular weight is 312 g/mol. The summed E-state index contributed by atoms with van der Waals surface area (Å²) in [6.07, 6.45) is 1.60. The first kappa shape index (κ1) is 15.7. The van der Waals surface area contributed by atoms with Crippen molar-refractivity contribution in [3.63, 3.8) is 0 Å². The Labute approximate surface area is 124 Å². The maximum atomic E-state index is 12.2. The highest BCUT2D eigenvalue weighted by atomic mass is 32.2. The minimum absolute atomic E-state index is 0.0839. The van der Waals surface area contributed by atoms with E-state index in [1.165, 1.54) is 0 Å². The summed E-state index contributed by atoms with van der Waals surface area (Å²) in [4.78, 5) is 0.245. The fourth-order valence-electron chi connectivity index (χ4n) is 1.90. The van der Waals surface area contributed by atoms with Crippen LogP contribution in [0.4, 0.5) is 0 Å². The lowest BCUT2D eigenvalue weighted by molar-refractivity contribution is 0.377. The van der Waals surface area contributed by atoms with Gasteiger partial charge in [-0.3, -0.25) is 0 Å². The Kier molecular flexibility index (Phi) is 4.81. The lowest BCUT2D eigenvalue weighted by atomic mass is 10.4. The van der Waals surface area contributed by atoms with E-state index < -0.39 is 10.0 Å². The third-order valence-electron chi connectivity index (χ3n) is 3.06. The molecular weight excluding hydrogens is 292 g/mol. The topological polar surface area (TPSA) is 89.2 Å². The van der Waals surface area contributed by atoms with Crippen molar-refractivity contribution < 1.29 is 12.9 Å². The molecule has 8 heteroatoms. The van der Waals surface area contributed by atoms with Crippen LogP contribution in [-0.2, 0) is 30.2 Å². The van der Waals surface area contributed by atoms with Crippen molar-refractivity contribution in [1.82, 2.24) is 19.8 Å². The Morgan fingerprint density at radius 2 is 2.10 bits per heavy atom. The predicted octanol–water partition coefficient (Wildman–Crippen LogP) is 0.910. The highest BCUT2D eigenvalue weighted by molar-refractivity contribution is 7.89. The summed E-state index contributed by atoms with van der Waals surface area (Å²) in [7, 11) is -1.74. The van der Waals surface area contributed by atoms with Gasteiger partial charge in [0.15, 0.2) is 5.76 Å². The van der Waals surface area contributed by atoms with Crippen LogP contribution in [0.3, 0.4) is 0 Å². The molecular formula is C13H20N4O3S. The zero-order valence-electron chi connectivity index (χ0n) is 12.4. The lowest BCUT2D eigenvalue weighted by Gasteiger charge is -2.02. The molecule has 0 aliphatic rings. The zero-order valence-corrected chi connectivity index (χ0v) is 13.2. The van der Waals surface area contributed by atoms with Crippen molar-refractivity contribution in [2.75, 3.05) is 6.54 Å². The van der Waals surface area contributed by atoms with Crippen molar-refractivity contribution >= 4 is 10.0 Å². The van der Waals surface area contributed by atoms with Gasteiger partial charge >= 0.3 is 0 Å². The van der Waals surface area contributed by atoms with E-state index in [4.69, 9.17) is 4.52 Å². The van der Waals surface area contributed by atoms with Gasteiger partial charge in [-0.15, -0.1) is 0 Å². The Morgan fingerprint density at radius 1 is 1.33 bits per heavy atom. The summed E-state index contributed by atoms with van der Waals surface area (Å²) in [6, 6.07) is 3.36. The van der Waals surface area contributed by atoms with Crippen LogP contribution in [0.1, 0.15) is 24.1 Å². The molecule has 2 aromatic rings. The van der Waals surface area contributed by atoms with Crippen LogP contribution in [0.15, 0.2) is 27.7 Å². The number of rotatable bonds is 7. The number of hydrogen-bond acceptors (Lipinski definition) is 5. The second kappa shape index (κ2) is 6.42. The van der Waals surface area contributed by atoms with Crippen LogP contribution in [0, 0.1) is 6.92 Å². The Bertz CT molecular complexity index is 703. The summed E-state index contributed by atoms with van der Waals surface area (Å²) in [5.41, 5.74) is 1.63. The molecule has 0 amide bonds. The fraction of sp³-hybridized carbons (Fsp3) is 0.462. The number of nitrogens with one attached hydrogen (secondary N) is 2. The third kappa shape index (κ3) is 3.93. The molecule has 0 spiro atoms. The molecule has 21 heavy (non-hydrogen) atoms. The van der Waals surface area contributed by atoms with Crippen LogP contribution in [0.2, 0.25) is 0 Å². The van der Waals surface area contributed by atoms with Crippen molar-refractivity contribution in [2.45, 2.75) is 31.8 Å². The monoisotopic (exact) mass is 312 g/mol. The predicted molar refractivity (Wildman–Crippen MR) is 78.1 cm³/mol. The molecule has 0 unspecified atom stereocenters. The number of nitrogens with zero attached hydrogens (tertiary/aromatic N) is 2. The normalized spacial score (nSPS) is 12.0. The molecule has 0 radical (unpaired) electrons. The minimum atomic E-state index is -3.56. The molecule has 0 aliphatic heterocycles. The van der Waals surface area contributed by atoms with E-state index in [2.05, 4.69) is 15.2 Å². The molecule has 2 aromatic heterocycles. The maximum absolute atomic E-state index is 12.2. The summed E-state index contributed by atoms with van der Waals surface area (Å²) in [5, 5.41) is 6.89. The summed E-state index contributed by atoms with van der Waals surface area (Å²) in [6.45, 7) is 5.33. The first-order valence-corrected chi connectivity index (χ1v) is 8.18. The molecule has 2 rings (SSSR count). The molecule has 0 atom stereocenters. The van der Waals surface area contributed by atoms with Crippen molar-refractivity contribution in [1.29, 1.82) is 0 Å². The Morgan fingerprint density at radius 3 is 2.71 bits per heavy atom. The van der Waals surface area contributed by atoms with Crippen molar-refractivity contribution in [2.24, 2.45) is 7.05 Å². The number of hydrogen-bond donors (Lipinski definition) is 2. The highest BCUT2D eigenvalue weighted by Gasteiger charge is 2.18. The van der Waals surface area contributed by atoms with E-state index in [1.807, 2.05) is 14.0 Å². The molecule has 0 aliphatic carbocycles. The second-order valence-corrected chi connectivity index (χ2v) is 6.58. The van der Waals surface area contributed by atoms with E-state index in [0.717, 1.165) is 17.9 Å². The van der Waals surface area contributed by atoms with Gasteiger partial charge in [-0.2, -0.15) is 0 Å². The number of aromatic nitrogens is 2. The van der Waals surface area contributed by atoms with Gasteiger partial charge in [0.2, 0.25) is 10.0 Å². The molecule has 0 aromatic carbocycles. The standard InChI is InChI=1S/C13H20N4O3S/c1-4-14-7-11-6-13(9-17(11)3)21(18,19)15-8-12-5-10(2)16-20-12/h5-6,9,14-15H,4,7-8H2,1-3H3. The molecule has 0 saturated heterocycles. The van der Waals surface area contributed by atoms with Crippen LogP contribution in [0.5, 0.6) is 0 Å². The smallest absolute Gasteiger partial charge is 0.242 e. The minimum Gasteiger partial charge on any atom is -0.360 e. The summed E-state index contributed by atoms with van der Waals surface area (Å²) in [5.74, 6) is 0.486. The van der Waals surface area contributed by atoms with Gasteiger partial charge in [-0.05, 0) is 19.5 Å². The van der Waals surface area contributed by atoms with Gasteiger partial charge in [0, 0.05) is 31.5 Å². The fourth-order valence-corrected chi connectivity index (χ4v) is 2.99. The summed E-state index contributed by atoms with van der Waals surface area (Å²) >= 11 is 0. The van der Waals surface area contributed by atoms with Crippen LogP contribution in [-0.4, -0.2) is 24.7 Å². The lowest BCUT2D eigenvalue weighted by Crippen LogP contribution is -2.22. The number of aryl methyl sites for hydroxylation is 2. The van der Waals surface area contributed by atoms with Crippen LogP contribution >= 0.6 is 0 Å². The van der Waals surface area contributed by atoms with Crippen molar-refractivity contribution in [3.05, 3.63) is 35.5 Å². The molecule has 0 saturated carbocycles. The van der Waals surface area contributed by atoms with Gasteiger partial charge in [0.1, 0.15) is 0 Å². The van der Waals surface area contributed by atoms with Gasteiger partial charge in [-0.25, -0.2) is 13.1 Å². The molecule has 2 N–H and O–H groups in total. The molecule has 0 fully saturated rings. The second-order valence-electron chi connectivity index (χ2n) is 4.82. The van der Waals surface area contributed by atoms with Gasteiger partial charge < -0.3 is 14.4 Å². The van der Waals surface area contributed by atoms with E-state index in [-0.39, 0.29) is 11.4 Å². The first-order chi connectivity index (χ1) is 9.92. The van der Waals surface area contributed by atoms with Crippen molar-refractivity contribution in [3.8, 4) is 0 Å².